The van der Waals surface area contributed by atoms with Gasteiger partial charge >= 0.3 is 6.09 Å². The van der Waals surface area contributed by atoms with Gasteiger partial charge in [0.15, 0.2) is 8.32 Å². The smallest absolute Gasteiger partial charge is 0.407 e. The number of rotatable bonds is 6. The Labute approximate surface area is 218 Å². The maximum Gasteiger partial charge on any atom is 0.407 e. The molecular formula is C26H39N5O5Si. The summed E-state index contributed by atoms with van der Waals surface area (Å²) in [6, 6.07) is 6.03. The zero-order valence-electron chi connectivity index (χ0n) is 22.6. The number of aromatic nitrogens is 2. The van der Waals surface area contributed by atoms with Gasteiger partial charge in [0.05, 0.1) is 17.1 Å². The van der Waals surface area contributed by atoms with E-state index in [1.54, 1.807) is 4.68 Å². The molecule has 2 aromatic rings. The quantitative estimate of drug-likeness (QED) is 0.383. The van der Waals surface area contributed by atoms with E-state index in [0.29, 0.717) is 44.7 Å². The molecule has 202 valence electrons. The molecule has 2 aliphatic rings. The predicted octanol–water partition coefficient (Wildman–Crippen LogP) is 3.90. The van der Waals surface area contributed by atoms with E-state index in [-0.39, 0.29) is 28.8 Å². The molecule has 3 atom stereocenters. The minimum atomic E-state index is -1.99. The Morgan fingerprint density at radius 2 is 2.00 bits per heavy atom. The van der Waals surface area contributed by atoms with Crippen LogP contribution in [0.1, 0.15) is 51.6 Å². The van der Waals surface area contributed by atoms with E-state index >= 15 is 0 Å². The van der Waals surface area contributed by atoms with Gasteiger partial charge in [0.25, 0.3) is 0 Å². The van der Waals surface area contributed by atoms with Gasteiger partial charge in [-0.1, -0.05) is 20.8 Å². The first kappa shape index (κ1) is 27.1. The van der Waals surface area contributed by atoms with Crippen molar-refractivity contribution in [1.29, 1.82) is 0 Å². The molecule has 1 aromatic carbocycles. The van der Waals surface area contributed by atoms with Crippen molar-refractivity contribution in [3.8, 4) is 0 Å². The third-order valence-corrected chi connectivity index (χ3v) is 12.8. The van der Waals surface area contributed by atoms with Crippen molar-refractivity contribution < 1.29 is 23.9 Å². The van der Waals surface area contributed by atoms with E-state index in [0.717, 1.165) is 16.6 Å². The molecule has 2 saturated heterocycles. The lowest BCUT2D eigenvalue weighted by Gasteiger charge is -2.42. The minimum absolute atomic E-state index is 0.0141. The van der Waals surface area contributed by atoms with Crippen LogP contribution in [-0.4, -0.2) is 71.8 Å². The third-order valence-electron chi connectivity index (χ3n) is 8.27. The monoisotopic (exact) mass is 529 g/mol. The van der Waals surface area contributed by atoms with Crippen LogP contribution in [-0.2, 0) is 21.1 Å². The zero-order valence-corrected chi connectivity index (χ0v) is 23.6. The van der Waals surface area contributed by atoms with Crippen molar-refractivity contribution in [2.45, 2.75) is 70.1 Å². The number of carbonyl (C=O) groups is 3. The summed E-state index contributed by atoms with van der Waals surface area (Å²) in [6.07, 6.45) is 0.548. The topological polar surface area (TPSA) is 126 Å². The van der Waals surface area contributed by atoms with Crippen molar-refractivity contribution in [2.75, 3.05) is 25.0 Å². The first-order valence-corrected chi connectivity index (χ1v) is 15.9. The number of nitrogens with zero attached hydrogens (tertiary/aromatic N) is 3. The van der Waals surface area contributed by atoms with Crippen LogP contribution in [0.3, 0.4) is 0 Å². The highest BCUT2D eigenvalue weighted by Gasteiger charge is 2.40. The molecule has 0 radical (unpaired) electrons. The largest absolute Gasteiger partial charge is 0.465 e. The molecule has 11 heteroatoms. The molecule has 3 heterocycles. The van der Waals surface area contributed by atoms with E-state index < -0.39 is 20.3 Å². The van der Waals surface area contributed by atoms with Crippen LogP contribution in [0.5, 0.6) is 0 Å². The number of hydrogen-bond donors (Lipinski definition) is 3. The standard InChI is InChI=1S/C26H39N5O5Si/c1-26(2,3)37(5,6)36-15-16-14-31(25(34)35)12-11-20(16)27-17-7-8-18-21(13-17)30(4)29-23(18)19-9-10-22(32)28-24(19)33/h7-8,13,16,19-20,27H,9-12,14-15H2,1-6H3,(H,34,35)(H,28,32,33)/t16-,19?,20-/m1/s1. The minimum Gasteiger partial charge on any atom is -0.465 e. The molecule has 2 aliphatic heterocycles. The van der Waals surface area contributed by atoms with E-state index in [9.17, 15) is 19.5 Å². The second-order valence-corrected chi connectivity index (χ2v) is 16.7. The number of likely N-dealkylation sites (tertiary alicyclic amines) is 1. The number of carbonyl (C=O) groups excluding carboxylic acids is 2. The molecule has 10 nitrogen and oxygen atoms in total. The lowest BCUT2D eigenvalue weighted by Crippen LogP contribution is -2.51. The van der Waals surface area contributed by atoms with Crippen LogP contribution in [0.25, 0.3) is 10.9 Å². The summed E-state index contributed by atoms with van der Waals surface area (Å²) in [4.78, 5) is 37.2. The molecule has 2 fully saturated rings. The highest BCUT2D eigenvalue weighted by Crippen LogP contribution is 2.37. The summed E-state index contributed by atoms with van der Waals surface area (Å²) in [7, 11) is -0.136. The number of benzene rings is 1. The number of hydrogen-bond acceptors (Lipinski definition) is 6. The SMILES string of the molecule is Cn1nc(C2CCC(=O)NC2=O)c2ccc(N[C@@H]3CCN(C(=O)O)C[C@@H]3CO[Si](C)(C)C(C)(C)C)cc21. The zero-order chi connectivity index (χ0) is 27.1. The normalized spacial score (nSPS) is 23.3. The molecule has 1 aromatic heterocycles. The Morgan fingerprint density at radius 3 is 2.65 bits per heavy atom. The number of piperidine rings is 2. The molecular weight excluding hydrogens is 490 g/mol. The number of fused-ring (bicyclic) bond motifs is 1. The highest BCUT2D eigenvalue weighted by atomic mass is 28.4. The van der Waals surface area contributed by atoms with Crippen molar-refractivity contribution in [3.63, 3.8) is 0 Å². The third kappa shape index (κ3) is 5.67. The van der Waals surface area contributed by atoms with Crippen molar-refractivity contribution in [3.05, 3.63) is 23.9 Å². The van der Waals surface area contributed by atoms with E-state index in [1.165, 1.54) is 4.90 Å². The number of nitrogens with one attached hydrogen (secondary N) is 2. The Morgan fingerprint density at radius 1 is 1.27 bits per heavy atom. The highest BCUT2D eigenvalue weighted by molar-refractivity contribution is 6.74. The van der Waals surface area contributed by atoms with E-state index in [4.69, 9.17) is 4.43 Å². The lowest BCUT2D eigenvalue weighted by molar-refractivity contribution is -0.134. The average Bonchev–Trinajstić information content (AvgIpc) is 3.13. The van der Waals surface area contributed by atoms with Gasteiger partial charge in [0.1, 0.15) is 0 Å². The van der Waals surface area contributed by atoms with Crippen LogP contribution in [0, 0.1) is 5.92 Å². The summed E-state index contributed by atoms with van der Waals surface area (Å²) >= 11 is 0. The molecule has 1 unspecified atom stereocenters. The second-order valence-electron chi connectivity index (χ2n) is 11.8. The fourth-order valence-corrected chi connectivity index (χ4v) is 5.96. The number of imide groups is 1. The summed E-state index contributed by atoms with van der Waals surface area (Å²) < 4.78 is 8.28. The van der Waals surface area contributed by atoms with Gasteiger partial charge in [0.2, 0.25) is 11.8 Å². The van der Waals surface area contributed by atoms with Crippen LogP contribution in [0.2, 0.25) is 18.1 Å². The van der Waals surface area contributed by atoms with Gasteiger partial charge in [-0.2, -0.15) is 5.10 Å². The number of aryl methyl sites for hydroxylation is 1. The molecule has 0 spiro atoms. The predicted molar refractivity (Wildman–Crippen MR) is 144 cm³/mol. The molecule has 37 heavy (non-hydrogen) atoms. The van der Waals surface area contributed by atoms with Crippen molar-refractivity contribution >= 4 is 42.8 Å². The molecule has 0 saturated carbocycles. The lowest BCUT2D eigenvalue weighted by atomic mass is 9.92. The Bertz CT molecular complexity index is 1200. The molecule has 0 aliphatic carbocycles. The molecule has 4 rings (SSSR count). The fraction of sp³-hybridized carbons (Fsp3) is 0.615. The van der Waals surface area contributed by atoms with Gasteiger partial charge in [-0.05, 0) is 49.2 Å². The Hall–Kier alpha value is -2.92. The van der Waals surface area contributed by atoms with Gasteiger partial charge in [0, 0.05) is 56.2 Å². The fourth-order valence-electron chi connectivity index (χ4n) is 4.90. The van der Waals surface area contributed by atoms with Crippen LogP contribution in [0.15, 0.2) is 18.2 Å². The van der Waals surface area contributed by atoms with Gasteiger partial charge in [-0.3, -0.25) is 19.6 Å². The Kier molecular flexibility index (Phi) is 7.40. The maximum atomic E-state index is 12.4. The second kappa shape index (κ2) is 10.1. The van der Waals surface area contributed by atoms with Gasteiger partial charge in [-0.15, -0.1) is 0 Å². The Balaban J connectivity index is 1.54. The average molecular weight is 530 g/mol. The summed E-state index contributed by atoms with van der Waals surface area (Å²) in [5, 5.41) is 21.2. The van der Waals surface area contributed by atoms with E-state index in [1.807, 2.05) is 25.2 Å². The first-order chi connectivity index (χ1) is 17.3. The van der Waals surface area contributed by atoms with Gasteiger partial charge < -0.3 is 19.7 Å². The first-order valence-electron chi connectivity index (χ1n) is 13.0. The number of amides is 3. The number of carboxylic acid groups (broad SMARTS) is 1. The number of anilines is 1. The molecule has 3 N–H and O–H groups in total. The summed E-state index contributed by atoms with van der Waals surface area (Å²) in [5.74, 6) is -0.972. The summed E-state index contributed by atoms with van der Waals surface area (Å²) in [5.41, 5.74) is 2.49. The van der Waals surface area contributed by atoms with Crippen LogP contribution >= 0.6 is 0 Å². The van der Waals surface area contributed by atoms with Crippen molar-refractivity contribution in [1.82, 2.24) is 20.0 Å². The van der Waals surface area contributed by atoms with Crippen LogP contribution in [0.4, 0.5) is 10.5 Å². The molecule has 3 amide bonds. The maximum absolute atomic E-state index is 12.4. The summed E-state index contributed by atoms with van der Waals surface area (Å²) in [6.45, 7) is 12.4. The molecule has 0 bridgehead atoms. The van der Waals surface area contributed by atoms with E-state index in [2.05, 4.69) is 49.6 Å². The van der Waals surface area contributed by atoms with Crippen LogP contribution < -0.4 is 10.6 Å². The van der Waals surface area contributed by atoms with Crippen molar-refractivity contribution in [2.24, 2.45) is 13.0 Å². The van der Waals surface area contributed by atoms with Gasteiger partial charge in [-0.25, -0.2) is 4.79 Å².